The van der Waals surface area contributed by atoms with Gasteiger partial charge in [-0.3, -0.25) is 0 Å². The minimum atomic E-state index is 0.394. The molecule has 1 aromatic rings. The van der Waals surface area contributed by atoms with Crippen LogP contribution < -0.4 is 10.6 Å². The Balaban J connectivity index is 1.95. The Labute approximate surface area is 128 Å². The Morgan fingerprint density at radius 1 is 1.14 bits per heavy atom. The third kappa shape index (κ3) is 4.30. The second-order valence-corrected chi connectivity index (χ2v) is 6.38. The molecule has 5 nitrogen and oxygen atoms in total. The van der Waals surface area contributed by atoms with Gasteiger partial charge in [0.05, 0.1) is 0 Å². The third-order valence-corrected chi connectivity index (χ3v) is 4.08. The molecule has 1 aliphatic rings. The van der Waals surface area contributed by atoms with Crippen molar-refractivity contribution in [3.63, 3.8) is 0 Å². The highest BCUT2D eigenvalue weighted by molar-refractivity contribution is 5.58. The molecule has 1 unspecified atom stereocenters. The molecule has 1 aliphatic heterocycles. The molecule has 0 bridgehead atoms. The zero-order chi connectivity index (χ0) is 15.2. The van der Waals surface area contributed by atoms with Crippen molar-refractivity contribution in [2.75, 3.05) is 43.9 Å². The van der Waals surface area contributed by atoms with Gasteiger partial charge in [0.25, 0.3) is 0 Å². The second kappa shape index (κ2) is 7.59. The zero-order valence-corrected chi connectivity index (χ0v) is 13.8. The van der Waals surface area contributed by atoms with E-state index < -0.39 is 0 Å². The molecule has 0 aliphatic carbocycles. The van der Waals surface area contributed by atoms with Crippen LogP contribution in [0.1, 0.15) is 45.1 Å². The highest BCUT2D eigenvalue weighted by Gasteiger charge is 2.17. The fourth-order valence-electron chi connectivity index (χ4n) is 3.02. The van der Waals surface area contributed by atoms with Crippen molar-refractivity contribution < 1.29 is 0 Å². The summed E-state index contributed by atoms with van der Waals surface area (Å²) in [5.41, 5.74) is 1.17. The van der Waals surface area contributed by atoms with Crippen LogP contribution in [-0.2, 0) is 0 Å². The monoisotopic (exact) mass is 291 g/mol. The number of anilines is 2. The van der Waals surface area contributed by atoms with Gasteiger partial charge in [-0.15, -0.1) is 0 Å². The van der Waals surface area contributed by atoms with Crippen molar-refractivity contribution in [1.29, 1.82) is 0 Å². The maximum absolute atomic E-state index is 4.44. The summed E-state index contributed by atoms with van der Waals surface area (Å²) < 4.78 is 0. The average molecular weight is 291 g/mol. The molecule has 5 heteroatoms. The van der Waals surface area contributed by atoms with Crippen molar-refractivity contribution in [3.05, 3.63) is 11.9 Å². The number of hydrogen-bond acceptors (Lipinski definition) is 5. The van der Waals surface area contributed by atoms with E-state index in [0.29, 0.717) is 11.8 Å². The molecule has 2 heterocycles. The van der Waals surface area contributed by atoms with Crippen molar-refractivity contribution in [1.82, 2.24) is 14.9 Å². The zero-order valence-electron chi connectivity index (χ0n) is 13.8. The lowest BCUT2D eigenvalue weighted by Crippen LogP contribution is -2.29. The van der Waals surface area contributed by atoms with E-state index in [2.05, 4.69) is 46.3 Å². The van der Waals surface area contributed by atoms with Crippen LogP contribution >= 0.6 is 0 Å². The molecule has 2 N–H and O–H groups in total. The van der Waals surface area contributed by atoms with E-state index >= 15 is 0 Å². The SMILES string of the molecule is CNc1ncnc(NCC(C)CN2CCCC2)c1C(C)C. The van der Waals surface area contributed by atoms with Crippen LogP contribution in [0.2, 0.25) is 0 Å². The minimum Gasteiger partial charge on any atom is -0.373 e. The summed E-state index contributed by atoms with van der Waals surface area (Å²) in [6, 6.07) is 0. The molecule has 118 valence electrons. The summed E-state index contributed by atoms with van der Waals surface area (Å²) in [6.07, 6.45) is 4.34. The first-order valence-electron chi connectivity index (χ1n) is 8.10. The van der Waals surface area contributed by atoms with Gasteiger partial charge in [-0.05, 0) is 37.8 Å². The molecule has 1 aromatic heterocycles. The van der Waals surface area contributed by atoms with E-state index in [9.17, 15) is 0 Å². The van der Waals surface area contributed by atoms with E-state index in [-0.39, 0.29) is 0 Å². The molecule has 0 aromatic carbocycles. The molecule has 1 fully saturated rings. The van der Waals surface area contributed by atoms with Gasteiger partial charge in [0.15, 0.2) is 0 Å². The smallest absolute Gasteiger partial charge is 0.134 e. The molecule has 0 spiro atoms. The number of rotatable bonds is 7. The van der Waals surface area contributed by atoms with Crippen molar-refractivity contribution in [3.8, 4) is 0 Å². The quantitative estimate of drug-likeness (QED) is 0.809. The fourth-order valence-corrected chi connectivity index (χ4v) is 3.02. The number of nitrogens with zero attached hydrogens (tertiary/aromatic N) is 3. The highest BCUT2D eigenvalue weighted by atomic mass is 15.1. The predicted octanol–water partition coefficient (Wildman–Crippen LogP) is 2.79. The Kier molecular flexibility index (Phi) is 5.79. The minimum absolute atomic E-state index is 0.394. The number of nitrogens with one attached hydrogen (secondary N) is 2. The van der Waals surface area contributed by atoms with Gasteiger partial charge in [-0.2, -0.15) is 0 Å². The number of aromatic nitrogens is 2. The van der Waals surface area contributed by atoms with Crippen LogP contribution in [-0.4, -0.2) is 48.1 Å². The van der Waals surface area contributed by atoms with Crippen LogP contribution in [0.15, 0.2) is 6.33 Å². The molecule has 2 rings (SSSR count). The maximum atomic E-state index is 4.44. The number of hydrogen-bond donors (Lipinski definition) is 2. The lowest BCUT2D eigenvalue weighted by atomic mass is 10.0. The van der Waals surface area contributed by atoms with Crippen LogP contribution in [0.5, 0.6) is 0 Å². The first kappa shape index (κ1) is 16.0. The predicted molar refractivity (Wildman–Crippen MR) is 89.0 cm³/mol. The molecular formula is C16H29N5. The molecule has 0 saturated carbocycles. The van der Waals surface area contributed by atoms with E-state index in [1.807, 2.05) is 7.05 Å². The van der Waals surface area contributed by atoms with Crippen molar-refractivity contribution >= 4 is 11.6 Å². The van der Waals surface area contributed by atoms with E-state index in [0.717, 1.165) is 18.2 Å². The summed E-state index contributed by atoms with van der Waals surface area (Å²) in [4.78, 5) is 11.3. The van der Waals surface area contributed by atoms with Crippen LogP contribution in [0.4, 0.5) is 11.6 Å². The Morgan fingerprint density at radius 3 is 2.43 bits per heavy atom. The van der Waals surface area contributed by atoms with Gasteiger partial charge in [0.2, 0.25) is 0 Å². The maximum Gasteiger partial charge on any atom is 0.134 e. The lowest BCUT2D eigenvalue weighted by Gasteiger charge is -2.22. The van der Waals surface area contributed by atoms with Gasteiger partial charge >= 0.3 is 0 Å². The van der Waals surface area contributed by atoms with Crippen molar-refractivity contribution in [2.45, 2.75) is 39.5 Å². The van der Waals surface area contributed by atoms with Gasteiger partial charge in [-0.1, -0.05) is 20.8 Å². The molecule has 21 heavy (non-hydrogen) atoms. The van der Waals surface area contributed by atoms with Gasteiger partial charge in [-0.25, -0.2) is 9.97 Å². The molecular weight excluding hydrogens is 262 g/mol. The number of likely N-dealkylation sites (tertiary alicyclic amines) is 1. The average Bonchev–Trinajstić information content (AvgIpc) is 2.97. The fraction of sp³-hybridized carbons (Fsp3) is 0.750. The molecule has 0 radical (unpaired) electrons. The third-order valence-electron chi connectivity index (χ3n) is 4.08. The molecule has 1 saturated heterocycles. The molecule has 0 amide bonds. The summed E-state index contributed by atoms with van der Waals surface area (Å²) in [5.74, 6) is 2.91. The van der Waals surface area contributed by atoms with Crippen LogP contribution in [0.3, 0.4) is 0 Å². The van der Waals surface area contributed by atoms with E-state index in [1.54, 1.807) is 6.33 Å². The summed E-state index contributed by atoms with van der Waals surface area (Å²) >= 11 is 0. The standard InChI is InChI=1S/C16H29N5/c1-12(2)14-15(17-4)19-11-20-16(14)18-9-13(3)10-21-7-5-6-8-21/h11-13H,5-10H2,1-4H3,(H2,17,18,19,20). The first-order chi connectivity index (χ1) is 10.1. The second-order valence-electron chi connectivity index (χ2n) is 6.38. The van der Waals surface area contributed by atoms with Gasteiger partial charge < -0.3 is 15.5 Å². The van der Waals surface area contributed by atoms with Gasteiger partial charge in [0, 0.05) is 25.7 Å². The molecule has 1 atom stereocenters. The first-order valence-corrected chi connectivity index (χ1v) is 8.10. The van der Waals surface area contributed by atoms with Crippen molar-refractivity contribution in [2.24, 2.45) is 5.92 Å². The normalized spacial score (nSPS) is 17.2. The van der Waals surface area contributed by atoms with E-state index in [4.69, 9.17) is 0 Å². The van der Waals surface area contributed by atoms with E-state index in [1.165, 1.54) is 38.0 Å². The lowest BCUT2D eigenvalue weighted by molar-refractivity contribution is 0.294. The summed E-state index contributed by atoms with van der Waals surface area (Å²) in [6.45, 7) is 11.3. The Hall–Kier alpha value is -1.36. The largest absolute Gasteiger partial charge is 0.373 e. The van der Waals surface area contributed by atoms with Crippen LogP contribution in [0.25, 0.3) is 0 Å². The van der Waals surface area contributed by atoms with Gasteiger partial charge in [0.1, 0.15) is 18.0 Å². The summed E-state index contributed by atoms with van der Waals surface area (Å²) in [5, 5.41) is 6.69. The Morgan fingerprint density at radius 2 is 1.81 bits per heavy atom. The topological polar surface area (TPSA) is 53.1 Å². The summed E-state index contributed by atoms with van der Waals surface area (Å²) in [7, 11) is 1.91. The highest BCUT2D eigenvalue weighted by Crippen LogP contribution is 2.28. The Bertz CT molecular complexity index is 440. The van der Waals surface area contributed by atoms with Crippen LogP contribution in [0, 0.1) is 5.92 Å².